The number of halogens is 2. The van der Waals surface area contributed by atoms with Crippen molar-refractivity contribution < 1.29 is 14.4 Å². The molecular weight excluding hydrogens is 325 g/mol. The molecular formula is C16H23Cl2NO3. The van der Waals surface area contributed by atoms with Crippen LogP contribution in [0.2, 0.25) is 0 Å². The molecule has 124 valence electrons. The molecule has 0 saturated heterocycles. The van der Waals surface area contributed by atoms with E-state index in [1.807, 2.05) is 13.8 Å². The van der Waals surface area contributed by atoms with Crippen molar-refractivity contribution in [1.29, 1.82) is 0 Å². The van der Waals surface area contributed by atoms with Gasteiger partial charge in [0.15, 0.2) is 17.5 Å². The van der Waals surface area contributed by atoms with Gasteiger partial charge in [0.25, 0.3) is 0 Å². The molecule has 1 amide bonds. The summed E-state index contributed by atoms with van der Waals surface area (Å²) in [5, 5.41) is 2.54. The second kappa shape index (κ2) is 6.88. The van der Waals surface area contributed by atoms with Crippen LogP contribution < -0.4 is 5.32 Å². The molecule has 0 aromatic heterocycles. The maximum absolute atomic E-state index is 12.3. The average Bonchev–Trinajstić information content (AvgIpc) is 2.42. The number of nitrogens with one attached hydrogen (secondary N) is 1. The first-order valence-electron chi connectivity index (χ1n) is 7.89. The summed E-state index contributed by atoms with van der Waals surface area (Å²) in [4.78, 5) is 36.8. The Morgan fingerprint density at radius 1 is 1.18 bits per heavy atom. The van der Waals surface area contributed by atoms with Crippen LogP contribution in [-0.2, 0) is 14.4 Å². The Morgan fingerprint density at radius 3 is 2.27 bits per heavy atom. The zero-order chi connectivity index (χ0) is 16.5. The summed E-state index contributed by atoms with van der Waals surface area (Å²) in [6.45, 7) is 3.89. The highest BCUT2D eigenvalue weighted by Crippen LogP contribution is 2.37. The SMILES string of the molecule is CCC1(C)CC(=O)C(C(=O)NC2CCC(Cl)C(Cl)C2)C(=O)C1. The predicted molar refractivity (Wildman–Crippen MR) is 86.2 cm³/mol. The minimum Gasteiger partial charge on any atom is -0.352 e. The number of amides is 1. The summed E-state index contributed by atoms with van der Waals surface area (Å²) in [5.74, 6) is -2.12. The van der Waals surface area contributed by atoms with Crippen LogP contribution in [0.15, 0.2) is 0 Å². The molecule has 2 aliphatic rings. The van der Waals surface area contributed by atoms with Crippen molar-refractivity contribution in [2.24, 2.45) is 11.3 Å². The van der Waals surface area contributed by atoms with Gasteiger partial charge in [-0.1, -0.05) is 13.8 Å². The first-order chi connectivity index (χ1) is 10.3. The van der Waals surface area contributed by atoms with Gasteiger partial charge >= 0.3 is 0 Å². The number of carbonyl (C=O) groups is 3. The van der Waals surface area contributed by atoms with E-state index < -0.39 is 11.8 Å². The van der Waals surface area contributed by atoms with Gasteiger partial charge in [0, 0.05) is 18.9 Å². The van der Waals surface area contributed by atoms with Crippen LogP contribution in [0.3, 0.4) is 0 Å². The number of alkyl halides is 2. The standard InChI is InChI=1S/C16H23Cl2NO3/c1-3-16(2)7-12(20)14(13(21)8-16)15(22)19-9-4-5-10(17)11(18)6-9/h9-11,14H,3-8H2,1-2H3,(H,19,22). The number of hydrogen-bond donors (Lipinski definition) is 1. The average molecular weight is 348 g/mol. The smallest absolute Gasteiger partial charge is 0.238 e. The van der Waals surface area contributed by atoms with Gasteiger partial charge in [-0.3, -0.25) is 14.4 Å². The summed E-state index contributed by atoms with van der Waals surface area (Å²) in [7, 11) is 0. The first-order valence-corrected chi connectivity index (χ1v) is 8.77. The van der Waals surface area contributed by atoms with Crippen LogP contribution >= 0.6 is 23.2 Å². The van der Waals surface area contributed by atoms with Crippen LogP contribution in [0.4, 0.5) is 0 Å². The van der Waals surface area contributed by atoms with Crippen molar-refractivity contribution in [3.8, 4) is 0 Å². The minimum absolute atomic E-state index is 0.0852. The van der Waals surface area contributed by atoms with Crippen LogP contribution in [0.25, 0.3) is 0 Å². The topological polar surface area (TPSA) is 63.2 Å². The van der Waals surface area contributed by atoms with Gasteiger partial charge in [-0.2, -0.15) is 0 Å². The molecule has 2 saturated carbocycles. The third-order valence-corrected chi connectivity index (χ3v) is 6.13. The Balaban J connectivity index is 1.98. The fourth-order valence-electron chi connectivity index (χ4n) is 3.32. The molecule has 0 heterocycles. The molecule has 22 heavy (non-hydrogen) atoms. The number of Topliss-reactive ketones (excluding diaryl/α,β-unsaturated/α-hetero) is 2. The second-order valence-electron chi connectivity index (χ2n) is 6.93. The molecule has 4 nitrogen and oxygen atoms in total. The molecule has 0 radical (unpaired) electrons. The van der Waals surface area contributed by atoms with Crippen LogP contribution in [0.5, 0.6) is 0 Å². The van der Waals surface area contributed by atoms with Crippen molar-refractivity contribution in [3.05, 3.63) is 0 Å². The zero-order valence-electron chi connectivity index (χ0n) is 13.0. The molecule has 3 unspecified atom stereocenters. The molecule has 0 aromatic rings. The van der Waals surface area contributed by atoms with Gasteiger partial charge in [-0.15, -0.1) is 23.2 Å². The Kier molecular flexibility index (Phi) is 5.54. The van der Waals surface area contributed by atoms with Crippen LogP contribution in [0, 0.1) is 11.3 Å². The highest BCUT2D eigenvalue weighted by atomic mass is 35.5. The lowest BCUT2D eigenvalue weighted by Gasteiger charge is -2.35. The maximum Gasteiger partial charge on any atom is 0.238 e. The van der Waals surface area contributed by atoms with Crippen LogP contribution in [-0.4, -0.2) is 34.3 Å². The van der Waals surface area contributed by atoms with Gasteiger partial charge in [-0.05, 0) is 31.1 Å². The van der Waals surface area contributed by atoms with E-state index in [-0.39, 0.29) is 33.8 Å². The van der Waals surface area contributed by atoms with Gasteiger partial charge in [0.05, 0.1) is 10.8 Å². The molecule has 0 spiro atoms. The fourth-order valence-corrected chi connectivity index (χ4v) is 3.89. The lowest BCUT2D eigenvalue weighted by molar-refractivity contribution is -0.146. The van der Waals surface area contributed by atoms with E-state index in [9.17, 15) is 14.4 Å². The van der Waals surface area contributed by atoms with Crippen molar-refractivity contribution in [2.45, 2.75) is 69.2 Å². The molecule has 0 bridgehead atoms. The summed E-state index contributed by atoms with van der Waals surface area (Å²) < 4.78 is 0. The Labute approximate surface area is 141 Å². The van der Waals surface area contributed by atoms with E-state index in [1.165, 1.54) is 0 Å². The van der Waals surface area contributed by atoms with Crippen molar-refractivity contribution in [2.75, 3.05) is 0 Å². The second-order valence-corrected chi connectivity index (χ2v) is 8.06. The maximum atomic E-state index is 12.3. The Hall–Kier alpha value is -0.610. The molecule has 2 rings (SSSR count). The minimum atomic E-state index is -1.14. The summed E-state index contributed by atoms with van der Waals surface area (Å²) in [6.07, 6.45) is 3.36. The van der Waals surface area contributed by atoms with E-state index in [0.717, 1.165) is 19.3 Å². The van der Waals surface area contributed by atoms with E-state index in [2.05, 4.69) is 5.32 Å². The summed E-state index contributed by atoms with van der Waals surface area (Å²) in [6, 6.07) is -0.106. The summed E-state index contributed by atoms with van der Waals surface area (Å²) in [5.41, 5.74) is -0.303. The van der Waals surface area contributed by atoms with E-state index >= 15 is 0 Å². The third-order valence-electron chi connectivity index (χ3n) is 5.00. The normalized spacial score (nSPS) is 39.6. The lowest BCUT2D eigenvalue weighted by Crippen LogP contribution is -2.50. The molecule has 6 heteroatoms. The molecule has 3 atom stereocenters. The quantitative estimate of drug-likeness (QED) is 0.630. The molecule has 0 aromatic carbocycles. The predicted octanol–water partition coefficient (Wildman–Crippen LogP) is 2.83. The largest absolute Gasteiger partial charge is 0.352 e. The zero-order valence-corrected chi connectivity index (χ0v) is 14.5. The van der Waals surface area contributed by atoms with E-state index in [0.29, 0.717) is 19.3 Å². The molecule has 0 aliphatic heterocycles. The Bertz CT molecular complexity index is 462. The van der Waals surface area contributed by atoms with Crippen LogP contribution in [0.1, 0.15) is 52.4 Å². The molecule has 2 fully saturated rings. The van der Waals surface area contributed by atoms with Crippen molar-refractivity contribution in [3.63, 3.8) is 0 Å². The van der Waals surface area contributed by atoms with Gasteiger partial charge in [0.1, 0.15) is 0 Å². The van der Waals surface area contributed by atoms with Gasteiger partial charge in [-0.25, -0.2) is 0 Å². The molecule has 1 N–H and O–H groups in total. The fraction of sp³-hybridized carbons (Fsp3) is 0.812. The first kappa shape index (κ1) is 17.7. The van der Waals surface area contributed by atoms with Gasteiger partial charge < -0.3 is 5.32 Å². The number of hydrogen-bond acceptors (Lipinski definition) is 3. The van der Waals surface area contributed by atoms with E-state index in [1.54, 1.807) is 0 Å². The number of ketones is 2. The number of carbonyl (C=O) groups excluding carboxylic acids is 3. The van der Waals surface area contributed by atoms with Crippen molar-refractivity contribution >= 4 is 40.7 Å². The van der Waals surface area contributed by atoms with E-state index in [4.69, 9.17) is 23.2 Å². The highest BCUT2D eigenvalue weighted by molar-refractivity contribution is 6.30. The monoisotopic (exact) mass is 347 g/mol. The van der Waals surface area contributed by atoms with Gasteiger partial charge in [0.2, 0.25) is 5.91 Å². The third kappa shape index (κ3) is 3.83. The lowest BCUT2D eigenvalue weighted by atomic mass is 9.68. The van der Waals surface area contributed by atoms with Crippen molar-refractivity contribution in [1.82, 2.24) is 5.32 Å². The summed E-state index contributed by atoms with van der Waals surface area (Å²) >= 11 is 12.2. The molecule has 2 aliphatic carbocycles. The highest BCUT2D eigenvalue weighted by Gasteiger charge is 2.45. The Morgan fingerprint density at radius 2 is 1.77 bits per heavy atom. The number of rotatable bonds is 3.